The zero-order valence-electron chi connectivity index (χ0n) is 27.8. The molecule has 1 N–H and O–H groups in total. The van der Waals surface area contributed by atoms with E-state index in [-0.39, 0.29) is 37.1 Å². The van der Waals surface area contributed by atoms with Crippen LogP contribution in [0, 0.1) is 16.9 Å². The summed E-state index contributed by atoms with van der Waals surface area (Å²) in [5.74, 6) is 0.104. The van der Waals surface area contributed by atoms with Gasteiger partial charge in [-0.3, -0.25) is 9.78 Å². The fraction of sp³-hybridized carbons (Fsp3) is 0.250. The normalized spacial score (nSPS) is 14.3. The summed E-state index contributed by atoms with van der Waals surface area (Å²) in [5, 5.41) is 13.7. The number of pyridine rings is 1. The van der Waals surface area contributed by atoms with E-state index >= 15 is 0 Å². The Labute approximate surface area is 287 Å². The molecule has 0 spiro atoms. The van der Waals surface area contributed by atoms with Crippen LogP contribution in [0.15, 0.2) is 103 Å². The van der Waals surface area contributed by atoms with E-state index in [2.05, 4.69) is 115 Å². The summed E-state index contributed by atoms with van der Waals surface area (Å²) in [5.41, 5.74) is 8.62. The van der Waals surface area contributed by atoms with Gasteiger partial charge in [0.2, 0.25) is 0 Å². The van der Waals surface area contributed by atoms with Crippen LogP contribution < -0.4 is 15.3 Å². The van der Waals surface area contributed by atoms with E-state index in [9.17, 15) is 9.90 Å². The molecule has 0 aliphatic carbocycles. The minimum absolute atomic E-state index is 0. The van der Waals surface area contributed by atoms with Crippen LogP contribution >= 0.6 is 0 Å². The van der Waals surface area contributed by atoms with Crippen LogP contribution in [0.2, 0.25) is 13.1 Å². The third kappa shape index (κ3) is 5.79. The van der Waals surface area contributed by atoms with Gasteiger partial charge in [-0.1, -0.05) is 114 Å². The number of para-hydroxylation sites is 2. The molecule has 3 heterocycles. The average Bonchev–Trinajstić information content (AvgIpc) is 3.16. The number of fused-ring (bicyclic) bond motifs is 3. The third-order valence-electron chi connectivity index (χ3n) is 8.85. The molecule has 2 aliphatic rings. The predicted octanol–water partition coefficient (Wildman–Crippen LogP) is 9.38. The summed E-state index contributed by atoms with van der Waals surface area (Å²) in [6, 6.07) is 36.2. The molecule has 0 bridgehead atoms. The number of aliphatic hydroxyl groups excluding tert-OH is 1. The Balaban J connectivity index is 0.000000256. The molecule has 0 saturated heterocycles. The van der Waals surface area contributed by atoms with E-state index < -0.39 is 13.5 Å². The monoisotopic (exact) mass is 802 g/mol. The van der Waals surface area contributed by atoms with Crippen molar-refractivity contribution < 1.29 is 30.0 Å². The smallest absolute Gasteiger partial charge is 0.164 e. The molecule has 0 unspecified atom stereocenters. The predicted molar refractivity (Wildman–Crippen MR) is 191 cm³/mol. The van der Waals surface area contributed by atoms with Gasteiger partial charge in [0, 0.05) is 65.2 Å². The topological polar surface area (TPSA) is 53.4 Å². The number of carbonyl (C=O) groups excluding carboxylic acids is 1. The first kappa shape index (κ1) is 33.5. The van der Waals surface area contributed by atoms with Gasteiger partial charge in [-0.05, 0) is 35.9 Å². The molecule has 4 nitrogen and oxygen atoms in total. The Kier molecular flexibility index (Phi) is 8.80. The fourth-order valence-electron chi connectivity index (χ4n) is 6.12. The number of anilines is 3. The molecule has 0 amide bonds. The van der Waals surface area contributed by atoms with E-state index in [4.69, 9.17) is 4.98 Å². The fourth-order valence-corrected chi connectivity index (χ4v) is 9.18. The van der Waals surface area contributed by atoms with E-state index in [1.807, 2.05) is 41.5 Å². The van der Waals surface area contributed by atoms with E-state index in [1.165, 1.54) is 33.3 Å². The summed E-state index contributed by atoms with van der Waals surface area (Å²) in [4.78, 5) is 19.1. The molecule has 0 fully saturated rings. The summed E-state index contributed by atoms with van der Waals surface area (Å²) in [7, 11) is -1.81. The number of hydrogen-bond donors (Lipinski definition) is 1. The zero-order valence-corrected chi connectivity index (χ0v) is 31.2. The largest absolute Gasteiger partial charge is 0.512 e. The minimum Gasteiger partial charge on any atom is -0.512 e. The van der Waals surface area contributed by atoms with Crippen molar-refractivity contribution in [3.05, 3.63) is 109 Å². The molecular weight excluding hydrogens is 761 g/mol. The van der Waals surface area contributed by atoms with E-state index in [0.29, 0.717) is 0 Å². The second-order valence-corrected chi connectivity index (χ2v) is 18.9. The molecule has 0 saturated carbocycles. The third-order valence-corrected chi connectivity index (χ3v) is 12.4. The van der Waals surface area contributed by atoms with Crippen molar-refractivity contribution in [3.8, 4) is 22.4 Å². The van der Waals surface area contributed by atoms with Gasteiger partial charge in [-0.15, -0.1) is 28.9 Å². The van der Waals surface area contributed by atoms with Gasteiger partial charge in [-0.25, -0.2) is 0 Å². The van der Waals surface area contributed by atoms with Gasteiger partial charge in [0.25, 0.3) is 0 Å². The minimum atomic E-state index is -1.81. The molecule has 237 valence electrons. The van der Waals surface area contributed by atoms with Crippen LogP contribution in [-0.4, -0.2) is 23.9 Å². The van der Waals surface area contributed by atoms with Crippen LogP contribution in [-0.2, 0) is 24.9 Å². The Morgan fingerprint density at radius 2 is 1.46 bits per heavy atom. The number of aliphatic hydroxyl groups is 1. The van der Waals surface area contributed by atoms with Crippen LogP contribution in [0.25, 0.3) is 33.3 Å². The van der Waals surface area contributed by atoms with Crippen molar-refractivity contribution in [2.45, 2.75) is 54.6 Å². The van der Waals surface area contributed by atoms with Crippen LogP contribution in [0.4, 0.5) is 17.1 Å². The first-order valence-corrected chi connectivity index (χ1v) is 18.6. The number of benzene rings is 4. The van der Waals surface area contributed by atoms with Crippen LogP contribution in [0.1, 0.15) is 41.5 Å². The molecule has 1 aromatic heterocycles. The Hall–Kier alpha value is -3.83. The molecule has 6 heteroatoms. The van der Waals surface area contributed by atoms with E-state index in [1.54, 1.807) is 0 Å². The quantitative estimate of drug-likeness (QED) is 0.0822. The Morgan fingerprint density at radius 3 is 2.13 bits per heavy atom. The Bertz CT molecular complexity index is 1990. The van der Waals surface area contributed by atoms with Gasteiger partial charge in [0.1, 0.15) is 5.76 Å². The first-order chi connectivity index (χ1) is 21.2. The van der Waals surface area contributed by atoms with Gasteiger partial charge in [0.15, 0.2) is 5.78 Å². The number of carbonyl (C=O) groups is 1. The summed E-state index contributed by atoms with van der Waals surface area (Å²) >= 11 is 0. The second-order valence-electron chi connectivity index (χ2n) is 14.6. The maximum atomic E-state index is 11.5. The van der Waals surface area contributed by atoms with Crippen molar-refractivity contribution in [3.63, 3.8) is 0 Å². The molecule has 4 aromatic carbocycles. The number of allylic oxidation sites excluding steroid dienone is 2. The number of nitrogens with zero attached hydrogens (tertiary/aromatic N) is 2. The molecule has 5 aromatic rings. The Morgan fingerprint density at radius 1 is 0.804 bits per heavy atom. The van der Waals surface area contributed by atoms with Crippen molar-refractivity contribution >= 4 is 52.2 Å². The summed E-state index contributed by atoms with van der Waals surface area (Å²) in [6.45, 7) is 16.0. The molecule has 1 radical (unpaired) electrons. The van der Waals surface area contributed by atoms with Gasteiger partial charge in [-0.2, -0.15) is 0 Å². The number of ketones is 1. The number of aromatic nitrogens is 1. The van der Waals surface area contributed by atoms with Crippen LogP contribution in [0.5, 0.6) is 0 Å². The molecular formula is C40H41IrN2O2Si-. The zero-order chi connectivity index (χ0) is 32.3. The average molecular weight is 802 g/mol. The van der Waals surface area contributed by atoms with Crippen molar-refractivity contribution in [2.75, 3.05) is 4.90 Å². The van der Waals surface area contributed by atoms with Crippen molar-refractivity contribution in [2.24, 2.45) is 10.8 Å². The molecule has 46 heavy (non-hydrogen) atoms. The number of hydrogen-bond acceptors (Lipinski definition) is 4. The van der Waals surface area contributed by atoms with Crippen LogP contribution in [0.3, 0.4) is 0 Å². The SMILES string of the molecule is CC(C)(C)C(=O)/C=C(\O)C(C)(C)C.C[Si]1(C)c2cc[c-]c3c2-c2c(cccc21)N(c1ccccc1)c1cc2ccccc2nc1-3.[Ir]. The standard InChI is InChI=1S/C29H21N2Si.C11H20O2.Ir/c1-32(2)25-16-8-13-21-27(25)28-23(15-9-17-26(28)32)31(20-11-4-3-5-12-20)24-18-19-10-6-7-14-22(19)30-29(21)24;1-10(2,3)8(12)7-9(13)11(4,5)6;/h3-12,14-18H,1-2H3;7,12H,1-6H3;/q-1;;/b;8-7-;. The van der Waals surface area contributed by atoms with E-state index in [0.717, 1.165) is 33.5 Å². The maximum absolute atomic E-state index is 11.5. The second kappa shape index (κ2) is 12.1. The first-order valence-electron chi connectivity index (χ1n) is 15.6. The van der Waals surface area contributed by atoms with Gasteiger partial charge < -0.3 is 10.0 Å². The van der Waals surface area contributed by atoms with Crippen molar-refractivity contribution in [1.82, 2.24) is 4.98 Å². The van der Waals surface area contributed by atoms with Gasteiger partial charge >= 0.3 is 0 Å². The summed E-state index contributed by atoms with van der Waals surface area (Å²) < 4.78 is 0. The maximum Gasteiger partial charge on any atom is 0.164 e. The molecule has 2 aliphatic heterocycles. The summed E-state index contributed by atoms with van der Waals surface area (Å²) in [6.07, 6.45) is 1.33. The molecule has 7 rings (SSSR count). The molecule has 0 atom stereocenters. The van der Waals surface area contributed by atoms with Gasteiger partial charge in [0.05, 0.1) is 13.6 Å². The number of rotatable bonds is 2. The van der Waals surface area contributed by atoms with Crippen molar-refractivity contribution in [1.29, 1.82) is 0 Å².